The van der Waals surface area contributed by atoms with E-state index in [1.54, 1.807) is 38.5 Å². The van der Waals surface area contributed by atoms with Crippen LogP contribution in [0.2, 0.25) is 0 Å². The molecule has 0 radical (unpaired) electrons. The highest BCUT2D eigenvalue weighted by Crippen LogP contribution is 2.47. The maximum Gasteiger partial charge on any atom is -0.0326 e. The van der Waals surface area contributed by atoms with Crippen molar-refractivity contribution in [2.45, 2.75) is 111 Å². The Balaban J connectivity index is 1.67. The standard InChI is InChI=1S/C21H40/c1-4-6-7-8-18-9-11-19(12-10-18)20-13-16-21(3,15-5-2)17-14-20/h18-20H,4-17H2,1-3H3/t18?,19?,20-,21-. The molecule has 0 saturated heterocycles. The van der Waals surface area contributed by atoms with E-state index in [4.69, 9.17) is 0 Å². The highest BCUT2D eigenvalue weighted by Gasteiger charge is 2.34. The second kappa shape index (κ2) is 8.59. The fourth-order valence-corrected chi connectivity index (χ4v) is 5.29. The summed E-state index contributed by atoms with van der Waals surface area (Å²) in [4.78, 5) is 0. The SMILES string of the molecule is CCCCCC1CCC([C@H]2CC[C@](C)(CCC)CC2)CC1. The van der Waals surface area contributed by atoms with Crippen molar-refractivity contribution in [3.8, 4) is 0 Å². The average Bonchev–Trinajstić information content (AvgIpc) is 2.49. The summed E-state index contributed by atoms with van der Waals surface area (Å²) in [5.74, 6) is 3.27. The zero-order chi connectivity index (χ0) is 15.1. The molecule has 0 aromatic heterocycles. The molecule has 2 saturated carbocycles. The Labute approximate surface area is 134 Å². The Kier molecular flexibility index (Phi) is 7.10. The van der Waals surface area contributed by atoms with Gasteiger partial charge in [0.2, 0.25) is 0 Å². The summed E-state index contributed by atoms with van der Waals surface area (Å²) < 4.78 is 0. The van der Waals surface area contributed by atoms with Gasteiger partial charge in [0.05, 0.1) is 0 Å². The Morgan fingerprint density at radius 3 is 1.95 bits per heavy atom. The third kappa shape index (κ3) is 5.29. The molecule has 0 spiro atoms. The largest absolute Gasteiger partial charge is 0.0654 e. The minimum atomic E-state index is 0.697. The van der Waals surface area contributed by atoms with E-state index >= 15 is 0 Å². The summed E-state index contributed by atoms with van der Waals surface area (Å²) in [7, 11) is 0. The van der Waals surface area contributed by atoms with Crippen molar-refractivity contribution in [1.29, 1.82) is 0 Å². The highest BCUT2D eigenvalue weighted by atomic mass is 14.4. The molecule has 0 nitrogen and oxygen atoms in total. The van der Waals surface area contributed by atoms with Crippen LogP contribution in [-0.2, 0) is 0 Å². The molecule has 0 bridgehead atoms. The summed E-state index contributed by atoms with van der Waals surface area (Å²) >= 11 is 0. The second-order valence-corrected chi connectivity index (χ2v) is 8.67. The molecule has 0 unspecified atom stereocenters. The van der Waals surface area contributed by atoms with Gasteiger partial charge >= 0.3 is 0 Å². The fourth-order valence-electron chi connectivity index (χ4n) is 5.29. The summed E-state index contributed by atoms with van der Waals surface area (Å²) in [6, 6.07) is 0. The molecule has 124 valence electrons. The van der Waals surface area contributed by atoms with Crippen LogP contribution in [0.1, 0.15) is 111 Å². The molecule has 2 aliphatic rings. The van der Waals surface area contributed by atoms with Gasteiger partial charge in [0.1, 0.15) is 0 Å². The minimum absolute atomic E-state index is 0.697. The smallest absolute Gasteiger partial charge is 0.0326 e. The van der Waals surface area contributed by atoms with Crippen molar-refractivity contribution in [2.24, 2.45) is 23.2 Å². The first-order chi connectivity index (χ1) is 10.2. The second-order valence-electron chi connectivity index (χ2n) is 8.67. The maximum absolute atomic E-state index is 2.55. The van der Waals surface area contributed by atoms with Gasteiger partial charge in [-0.2, -0.15) is 0 Å². The molecule has 0 aromatic rings. The van der Waals surface area contributed by atoms with Crippen molar-refractivity contribution in [1.82, 2.24) is 0 Å². The Morgan fingerprint density at radius 2 is 1.38 bits per heavy atom. The van der Waals surface area contributed by atoms with Gasteiger partial charge in [0.15, 0.2) is 0 Å². The van der Waals surface area contributed by atoms with Gasteiger partial charge in [-0.05, 0) is 68.1 Å². The Hall–Kier alpha value is 0. The van der Waals surface area contributed by atoms with E-state index in [-0.39, 0.29) is 0 Å². The summed E-state index contributed by atoms with van der Waals surface area (Å²) in [5, 5.41) is 0. The van der Waals surface area contributed by atoms with E-state index in [0.717, 1.165) is 17.8 Å². The normalized spacial score (nSPS) is 37.6. The zero-order valence-electron chi connectivity index (χ0n) is 15.1. The topological polar surface area (TPSA) is 0 Å². The molecule has 0 aliphatic heterocycles. The lowest BCUT2D eigenvalue weighted by Gasteiger charge is -2.42. The Bertz CT molecular complexity index is 264. The molecule has 0 amide bonds. The predicted molar refractivity (Wildman–Crippen MR) is 94.6 cm³/mol. The molecular formula is C21H40. The lowest BCUT2D eigenvalue weighted by atomic mass is 9.64. The van der Waals surface area contributed by atoms with E-state index in [1.165, 1.54) is 51.4 Å². The summed E-state index contributed by atoms with van der Waals surface area (Å²) in [6.45, 7) is 7.24. The molecule has 0 aromatic carbocycles. The first-order valence-electron chi connectivity index (χ1n) is 10.2. The van der Waals surface area contributed by atoms with Crippen LogP contribution in [-0.4, -0.2) is 0 Å². The lowest BCUT2D eigenvalue weighted by molar-refractivity contribution is 0.0963. The first kappa shape index (κ1) is 17.4. The van der Waals surface area contributed by atoms with Crippen LogP contribution in [0.3, 0.4) is 0 Å². The van der Waals surface area contributed by atoms with Crippen LogP contribution < -0.4 is 0 Å². The molecule has 0 heteroatoms. The summed E-state index contributed by atoms with van der Waals surface area (Å²) in [5.41, 5.74) is 0.697. The summed E-state index contributed by atoms with van der Waals surface area (Å²) in [6.07, 6.45) is 21.0. The third-order valence-corrected chi connectivity index (χ3v) is 6.86. The minimum Gasteiger partial charge on any atom is -0.0654 e. The van der Waals surface area contributed by atoms with E-state index < -0.39 is 0 Å². The van der Waals surface area contributed by atoms with E-state index in [0.29, 0.717) is 5.41 Å². The molecule has 0 N–H and O–H groups in total. The number of hydrogen-bond acceptors (Lipinski definition) is 0. The lowest BCUT2D eigenvalue weighted by Crippen LogP contribution is -2.30. The van der Waals surface area contributed by atoms with Crippen LogP contribution in [0.15, 0.2) is 0 Å². The molecule has 0 heterocycles. The van der Waals surface area contributed by atoms with Gasteiger partial charge in [0, 0.05) is 0 Å². The Morgan fingerprint density at radius 1 is 0.762 bits per heavy atom. The van der Waals surface area contributed by atoms with Gasteiger partial charge < -0.3 is 0 Å². The van der Waals surface area contributed by atoms with Gasteiger partial charge in [-0.15, -0.1) is 0 Å². The van der Waals surface area contributed by atoms with Crippen LogP contribution in [0.5, 0.6) is 0 Å². The van der Waals surface area contributed by atoms with Crippen LogP contribution in [0.25, 0.3) is 0 Å². The number of hydrogen-bond donors (Lipinski definition) is 0. The van der Waals surface area contributed by atoms with Crippen LogP contribution in [0.4, 0.5) is 0 Å². The van der Waals surface area contributed by atoms with Crippen molar-refractivity contribution in [3.63, 3.8) is 0 Å². The monoisotopic (exact) mass is 292 g/mol. The fraction of sp³-hybridized carbons (Fsp3) is 1.00. The average molecular weight is 293 g/mol. The van der Waals surface area contributed by atoms with E-state index in [1.807, 2.05) is 0 Å². The van der Waals surface area contributed by atoms with Crippen molar-refractivity contribution < 1.29 is 0 Å². The molecular weight excluding hydrogens is 252 g/mol. The van der Waals surface area contributed by atoms with Crippen molar-refractivity contribution >= 4 is 0 Å². The van der Waals surface area contributed by atoms with E-state index in [2.05, 4.69) is 20.8 Å². The molecule has 2 aliphatic carbocycles. The predicted octanol–water partition coefficient (Wildman–Crippen LogP) is 7.37. The molecule has 2 rings (SSSR count). The van der Waals surface area contributed by atoms with Gasteiger partial charge in [-0.1, -0.05) is 65.7 Å². The van der Waals surface area contributed by atoms with Crippen LogP contribution >= 0.6 is 0 Å². The first-order valence-corrected chi connectivity index (χ1v) is 10.2. The highest BCUT2D eigenvalue weighted by molar-refractivity contribution is 4.86. The number of unbranched alkanes of at least 4 members (excludes halogenated alkanes) is 2. The molecule has 0 atom stereocenters. The van der Waals surface area contributed by atoms with Gasteiger partial charge in [-0.3, -0.25) is 0 Å². The number of rotatable bonds is 7. The third-order valence-electron chi connectivity index (χ3n) is 6.86. The quantitative estimate of drug-likeness (QED) is 0.430. The van der Waals surface area contributed by atoms with Crippen LogP contribution in [0, 0.1) is 23.2 Å². The van der Waals surface area contributed by atoms with Gasteiger partial charge in [-0.25, -0.2) is 0 Å². The van der Waals surface area contributed by atoms with E-state index in [9.17, 15) is 0 Å². The molecule has 21 heavy (non-hydrogen) atoms. The van der Waals surface area contributed by atoms with Gasteiger partial charge in [0.25, 0.3) is 0 Å². The van der Waals surface area contributed by atoms with Crippen molar-refractivity contribution in [3.05, 3.63) is 0 Å². The maximum atomic E-state index is 2.55. The van der Waals surface area contributed by atoms with Crippen molar-refractivity contribution in [2.75, 3.05) is 0 Å². The zero-order valence-corrected chi connectivity index (χ0v) is 15.1. The molecule has 2 fully saturated rings.